The van der Waals surface area contributed by atoms with Gasteiger partial charge in [-0.3, -0.25) is 9.59 Å². The van der Waals surface area contributed by atoms with Crippen molar-refractivity contribution in [3.8, 4) is 5.75 Å². The Hall–Kier alpha value is -1.16. The molecule has 0 radical (unpaired) electrons. The van der Waals surface area contributed by atoms with Crippen molar-refractivity contribution in [2.24, 2.45) is 17.3 Å². The van der Waals surface area contributed by atoms with Crippen LogP contribution in [0, 0.1) is 17.3 Å². The van der Waals surface area contributed by atoms with Crippen LogP contribution < -0.4 is 4.74 Å². The highest BCUT2D eigenvalue weighted by atomic mass is 79.9. The van der Waals surface area contributed by atoms with Crippen molar-refractivity contribution in [2.45, 2.75) is 56.7 Å². The van der Waals surface area contributed by atoms with Crippen LogP contribution >= 0.6 is 15.9 Å². The molecule has 1 aromatic carbocycles. The standard InChI is InChI=1S/C20H23BrO3/c1-11(22)24-13-4-6-14-12(9-13)3-5-16-15(14)7-8-20(2)17(16)10-18(21)19(20)23/h4,6,9,15-18H,3,5,7-8,10H2,1-2H3/t15-,16+,17-,18-,20-/m1/s1. The monoisotopic (exact) mass is 390 g/mol. The van der Waals surface area contributed by atoms with Gasteiger partial charge in [-0.15, -0.1) is 0 Å². The minimum absolute atomic E-state index is 0.0407. The maximum Gasteiger partial charge on any atom is 0.308 e. The van der Waals surface area contributed by atoms with Crippen LogP contribution in [0.5, 0.6) is 5.75 Å². The molecule has 4 rings (SSSR count). The van der Waals surface area contributed by atoms with E-state index in [2.05, 4.69) is 28.9 Å². The van der Waals surface area contributed by atoms with Crippen LogP contribution in [0.25, 0.3) is 0 Å². The number of carbonyl (C=O) groups excluding carboxylic acids is 2. The number of ether oxygens (including phenoxy) is 1. The van der Waals surface area contributed by atoms with Gasteiger partial charge in [-0.25, -0.2) is 0 Å². The summed E-state index contributed by atoms with van der Waals surface area (Å²) in [5.74, 6) is 2.43. The molecule has 24 heavy (non-hydrogen) atoms. The zero-order chi connectivity index (χ0) is 17.1. The van der Waals surface area contributed by atoms with Crippen LogP contribution in [0.2, 0.25) is 0 Å². The Kier molecular flexibility index (Phi) is 3.87. The van der Waals surface area contributed by atoms with Crippen molar-refractivity contribution in [1.29, 1.82) is 0 Å². The van der Waals surface area contributed by atoms with Gasteiger partial charge in [0, 0.05) is 12.3 Å². The van der Waals surface area contributed by atoms with Gasteiger partial charge in [0.25, 0.3) is 0 Å². The number of rotatable bonds is 1. The van der Waals surface area contributed by atoms with Crippen LogP contribution in [0.15, 0.2) is 18.2 Å². The molecular formula is C20H23BrO3. The number of carbonyl (C=O) groups is 2. The first-order valence-corrected chi connectivity index (χ1v) is 9.81. The summed E-state index contributed by atoms with van der Waals surface area (Å²) in [5, 5.41) is 0. The number of esters is 1. The Morgan fingerprint density at radius 3 is 2.88 bits per heavy atom. The smallest absolute Gasteiger partial charge is 0.308 e. The minimum atomic E-state index is -0.273. The maximum atomic E-state index is 12.6. The van der Waals surface area contributed by atoms with E-state index in [0.717, 1.165) is 32.1 Å². The second-order valence-corrected chi connectivity index (χ2v) is 9.00. The highest BCUT2D eigenvalue weighted by Crippen LogP contribution is 2.60. The molecule has 4 heteroatoms. The molecule has 0 heterocycles. The Morgan fingerprint density at radius 2 is 2.12 bits per heavy atom. The molecule has 0 N–H and O–H groups in total. The van der Waals surface area contributed by atoms with Crippen molar-refractivity contribution in [1.82, 2.24) is 0 Å². The number of ketones is 1. The lowest BCUT2D eigenvalue weighted by Crippen LogP contribution is -2.42. The Bertz CT molecular complexity index is 713. The first kappa shape index (κ1) is 16.3. The predicted molar refractivity (Wildman–Crippen MR) is 95.5 cm³/mol. The summed E-state index contributed by atoms with van der Waals surface area (Å²) in [6.45, 7) is 3.63. The zero-order valence-corrected chi connectivity index (χ0v) is 15.8. The van der Waals surface area contributed by atoms with Gasteiger partial charge in [0.05, 0.1) is 4.83 Å². The number of hydrogen-bond donors (Lipinski definition) is 0. The molecule has 128 valence electrons. The van der Waals surface area contributed by atoms with Crippen LogP contribution in [0.1, 0.15) is 56.6 Å². The van der Waals surface area contributed by atoms with E-state index >= 15 is 0 Å². The molecule has 0 unspecified atom stereocenters. The lowest BCUT2D eigenvalue weighted by molar-refractivity contribution is -0.132. The number of hydrogen-bond acceptors (Lipinski definition) is 3. The number of Topliss-reactive ketones (excluding diaryl/α,β-unsaturated/α-hetero) is 1. The molecule has 0 saturated heterocycles. The first-order chi connectivity index (χ1) is 11.4. The van der Waals surface area contributed by atoms with Crippen molar-refractivity contribution in [3.63, 3.8) is 0 Å². The SMILES string of the molecule is CC(=O)Oc1ccc2c(c1)CC[C@H]1[C@@H]2CC[C@@]2(C)C(=O)[C@H](Br)C[C@H]12. The van der Waals surface area contributed by atoms with Crippen molar-refractivity contribution < 1.29 is 14.3 Å². The third-order valence-electron chi connectivity index (χ3n) is 6.66. The number of aryl methyl sites for hydroxylation is 1. The lowest BCUT2D eigenvalue weighted by atomic mass is 9.55. The van der Waals surface area contributed by atoms with Crippen molar-refractivity contribution in [3.05, 3.63) is 29.3 Å². The average Bonchev–Trinajstić information content (AvgIpc) is 2.77. The highest BCUT2D eigenvalue weighted by Gasteiger charge is 2.57. The van der Waals surface area contributed by atoms with Gasteiger partial charge in [-0.05, 0) is 73.1 Å². The summed E-state index contributed by atoms with van der Waals surface area (Å²) in [6.07, 6.45) is 5.21. The van der Waals surface area contributed by atoms with E-state index in [4.69, 9.17) is 4.74 Å². The number of fused-ring (bicyclic) bond motifs is 5. The molecule has 3 aliphatic carbocycles. The second-order valence-electron chi connectivity index (χ2n) is 7.89. The quantitative estimate of drug-likeness (QED) is 0.405. The third kappa shape index (κ3) is 2.37. The van der Waals surface area contributed by atoms with E-state index in [1.165, 1.54) is 18.1 Å². The van der Waals surface area contributed by atoms with Crippen LogP contribution in [0.3, 0.4) is 0 Å². The van der Waals surface area contributed by atoms with Gasteiger partial charge in [0.1, 0.15) is 5.75 Å². The fourth-order valence-corrected chi connectivity index (χ4v) is 6.46. The Labute approximate surface area is 151 Å². The highest BCUT2D eigenvalue weighted by molar-refractivity contribution is 9.10. The number of halogens is 1. The summed E-state index contributed by atoms with van der Waals surface area (Å²) in [6, 6.07) is 6.10. The number of alkyl halides is 1. The van der Waals surface area contributed by atoms with Gasteiger partial charge < -0.3 is 4.74 Å². The summed E-state index contributed by atoms with van der Waals surface area (Å²) < 4.78 is 5.24. The molecule has 2 fully saturated rings. The molecule has 5 atom stereocenters. The van der Waals surface area contributed by atoms with Gasteiger partial charge in [0.15, 0.2) is 5.78 Å². The van der Waals surface area contributed by atoms with E-state index < -0.39 is 0 Å². The van der Waals surface area contributed by atoms with Gasteiger partial charge in [-0.2, -0.15) is 0 Å². The Balaban J connectivity index is 1.65. The van der Waals surface area contributed by atoms with Gasteiger partial charge in [-0.1, -0.05) is 28.9 Å². The summed E-state index contributed by atoms with van der Waals surface area (Å²) >= 11 is 3.61. The average molecular weight is 391 g/mol. The topological polar surface area (TPSA) is 43.4 Å². The van der Waals surface area contributed by atoms with E-state index in [1.54, 1.807) is 0 Å². The van der Waals surface area contributed by atoms with E-state index in [9.17, 15) is 9.59 Å². The second kappa shape index (κ2) is 5.69. The van der Waals surface area contributed by atoms with Crippen LogP contribution in [-0.2, 0) is 16.0 Å². The summed E-state index contributed by atoms with van der Waals surface area (Å²) in [7, 11) is 0. The van der Waals surface area contributed by atoms with Crippen LogP contribution in [-0.4, -0.2) is 16.6 Å². The molecule has 0 aromatic heterocycles. The Morgan fingerprint density at radius 1 is 1.33 bits per heavy atom. The molecule has 0 aliphatic heterocycles. The van der Waals surface area contributed by atoms with Gasteiger partial charge >= 0.3 is 5.97 Å². The maximum absolute atomic E-state index is 12.6. The molecule has 0 amide bonds. The third-order valence-corrected chi connectivity index (χ3v) is 7.45. The first-order valence-electron chi connectivity index (χ1n) is 8.90. The largest absolute Gasteiger partial charge is 0.427 e. The van der Waals surface area contributed by atoms with Gasteiger partial charge in [0.2, 0.25) is 0 Å². The predicted octanol–water partition coefficient (Wildman–Crippen LogP) is 4.41. The van der Waals surface area contributed by atoms with Crippen molar-refractivity contribution in [2.75, 3.05) is 0 Å². The van der Waals surface area contributed by atoms with E-state index in [1.807, 2.05) is 12.1 Å². The molecular weight excluding hydrogens is 368 g/mol. The summed E-state index contributed by atoms with van der Waals surface area (Å²) in [5.41, 5.74) is 2.60. The van der Waals surface area contributed by atoms with E-state index in [-0.39, 0.29) is 16.2 Å². The molecule has 2 saturated carbocycles. The lowest BCUT2D eigenvalue weighted by Gasteiger charge is -2.48. The fraction of sp³-hybridized carbons (Fsp3) is 0.600. The fourth-order valence-electron chi connectivity index (χ4n) is 5.54. The molecule has 0 bridgehead atoms. The van der Waals surface area contributed by atoms with Crippen molar-refractivity contribution >= 4 is 27.7 Å². The number of benzene rings is 1. The molecule has 1 aromatic rings. The molecule has 3 aliphatic rings. The molecule has 0 spiro atoms. The normalized spacial score (nSPS) is 37.4. The van der Waals surface area contributed by atoms with E-state index in [0.29, 0.717) is 29.3 Å². The summed E-state index contributed by atoms with van der Waals surface area (Å²) in [4.78, 5) is 23.8. The van der Waals surface area contributed by atoms with Crippen LogP contribution in [0.4, 0.5) is 0 Å². The molecule has 3 nitrogen and oxygen atoms in total. The minimum Gasteiger partial charge on any atom is -0.427 e. The zero-order valence-electron chi connectivity index (χ0n) is 14.2.